The molecule has 1 unspecified atom stereocenters. The molecule has 6 nitrogen and oxygen atoms in total. The fourth-order valence-electron chi connectivity index (χ4n) is 6.45. The second-order valence-electron chi connectivity index (χ2n) is 16.4. The van der Waals surface area contributed by atoms with Crippen molar-refractivity contribution in [1.82, 2.24) is 0 Å². The van der Waals surface area contributed by atoms with E-state index in [2.05, 4.69) is 142 Å². The molecule has 0 spiro atoms. The number of allylic oxidation sites excluding steroid dienone is 20. The average Bonchev–Trinajstić information content (AvgIpc) is 3.29. The lowest BCUT2D eigenvalue weighted by Gasteiger charge is -2.18. The van der Waals surface area contributed by atoms with E-state index in [0.29, 0.717) is 19.3 Å². The highest BCUT2D eigenvalue weighted by Gasteiger charge is 2.19. The molecule has 0 fully saturated rings. The van der Waals surface area contributed by atoms with E-state index in [1.807, 2.05) is 0 Å². The van der Waals surface area contributed by atoms with Gasteiger partial charge in [-0.3, -0.25) is 14.4 Å². The maximum atomic E-state index is 12.8. The van der Waals surface area contributed by atoms with Gasteiger partial charge >= 0.3 is 17.9 Å². The van der Waals surface area contributed by atoms with Gasteiger partial charge in [-0.1, -0.05) is 200 Å². The third-order valence-corrected chi connectivity index (χ3v) is 10.2. The monoisotopic (exact) mass is 885 g/mol. The molecule has 0 aromatic rings. The van der Waals surface area contributed by atoms with Crippen LogP contribution in [0.4, 0.5) is 0 Å². The van der Waals surface area contributed by atoms with E-state index >= 15 is 0 Å². The van der Waals surface area contributed by atoms with E-state index < -0.39 is 6.10 Å². The molecule has 0 saturated heterocycles. The Labute approximate surface area is 392 Å². The zero-order valence-electron chi connectivity index (χ0n) is 41.0. The molecule has 0 aliphatic carbocycles. The minimum atomic E-state index is -0.819. The summed E-state index contributed by atoms with van der Waals surface area (Å²) in [5.74, 6) is -1.01. The molecule has 0 N–H and O–H groups in total. The van der Waals surface area contributed by atoms with Crippen molar-refractivity contribution in [3.8, 4) is 0 Å². The molecule has 360 valence electrons. The number of hydrogen-bond acceptors (Lipinski definition) is 6. The van der Waals surface area contributed by atoms with Gasteiger partial charge in [-0.05, 0) is 109 Å². The van der Waals surface area contributed by atoms with E-state index in [0.717, 1.165) is 116 Å². The number of hydrogen-bond donors (Lipinski definition) is 0. The van der Waals surface area contributed by atoms with Gasteiger partial charge in [0.15, 0.2) is 6.10 Å². The van der Waals surface area contributed by atoms with E-state index in [9.17, 15) is 14.4 Å². The predicted molar refractivity (Wildman–Crippen MR) is 274 cm³/mol. The molecule has 64 heavy (non-hydrogen) atoms. The van der Waals surface area contributed by atoms with Gasteiger partial charge in [-0.2, -0.15) is 0 Å². The fourth-order valence-corrected chi connectivity index (χ4v) is 6.45. The zero-order chi connectivity index (χ0) is 46.5. The number of ether oxygens (including phenoxy) is 3. The van der Waals surface area contributed by atoms with Crippen LogP contribution in [0.5, 0.6) is 0 Å². The number of carbonyl (C=O) groups excluding carboxylic acids is 3. The summed E-state index contributed by atoms with van der Waals surface area (Å²) in [6.45, 7) is 6.27. The Morgan fingerprint density at radius 2 is 0.703 bits per heavy atom. The summed E-state index contributed by atoms with van der Waals surface area (Å²) in [6, 6.07) is 0. The molecule has 0 amide bonds. The predicted octanol–water partition coefficient (Wildman–Crippen LogP) is 16.9. The molecular formula is C58H92O6. The molecule has 0 aliphatic heterocycles. The van der Waals surface area contributed by atoms with Crippen LogP contribution in [0.1, 0.15) is 207 Å². The molecule has 0 saturated carbocycles. The molecule has 0 heterocycles. The van der Waals surface area contributed by atoms with Crippen molar-refractivity contribution in [2.45, 2.75) is 213 Å². The van der Waals surface area contributed by atoms with Gasteiger partial charge in [-0.25, -0.2) is 0 Å². The van der Waals surface area contributed by atoms with Crippen LogP contribution in [0.25, 0.3) is 0 Å². The largest absolute Gasteiger partial charge is 0.462 e. The van der Waals surface area contributed by atoms with Gasteiger partial charge in [0.2, 0.25) is 0 Å². The third kappa shape index (κ3) is 48.8. The first kappa shape index (κ1) is 59.8. The summed E-state index contributed by atoms with van der Waals surface area (Å²) in [6.07, 6.45) is 70.4. The van der Waals surface area contributed by atoms with E-state index in [-0.39, 0.29) is 37.5 Å². The highest BCUT2D eigenvalue weighted by molar-refractivity contribution is 5.71. The van der Waals surface area contributed by atoms with Crippen molar-refractivity contribution >= 4 is 17.9 Å². The first-order valence-corrected chi connectivity index (χ1v) is 25.6. The van der Waals surface area contributed by atoms with Crippen LogP contribution in [0.3, 0.4) is 0 Å². The van der Waals surface area contributed by atoms with Crippen LogP contribution in [0.15, 0.2) is 122 Å². The van der Waals surface area contributed by atoms with Crippen LogP contribution >= 0.6 is 0 Å². The van der Waals surface area contributed by atoms with E-state index in [1.165, 1.54) is 44.9 Å². The highest BCUT2D eigenvalue weighted by Crippen LogP contribution is 2.13. The third-order valence-electron chi connectivity index (χ3n) is 10.2. The summed E-state index contributed by atoms with van der Waals surface area (Å²) in [7, 11) is 0. The van der Waals surface area contributed by atoms with Crippen molar-refractivity contribution in [1.29, 1.82) is 0 Å². The smallest absolute Gasteiger partial charge is 0.306 e. The van der Waals surface area contributed by atoms with Gasteiger partial charge in [0, 0.05) is 19.3 Å². The van der Waals surface area contributed by atoms with Gasteiger partial charge in [-0.15, -0.1) is 0 Å². The van der Waals surface area contributed by atoms with Crippen LogP contribution < -0.4 is 0 Å². The lowest BCUT2D eigenvalue weighted by atomic mass is 10.1. The Morgan fingerprint density at radius 1 is 0.344 bits per heavy atom. The second kappa shape index (κ2) is 51.4. The lowest BCUT2D eigenvalue weighted by Crippen LogP contribution is -2.30. The minimum Gasteiger partial charge on any atom is -0.462 e. The Kier molecular flexibility index (Phi) is 48.1. The number of unbranched alkanes of at least 4 members (excludes halogenated alkanes) is 15. The van der Waals surface area contributed by atoms with Crippen molar-refractivity contribution in [3.05, 3.63) is 122 Å². The maximum Gasteiger partial charge on any atom is 0.306 e. The molecule has 6 heteroatoms. The number of carbonyl (C=O) groups is 3. The number of rotatable bonds is 44. The molecule has 0 aliphatic rings. The van der Waals surface area contributed by atoms with Crippen molar-refractivity contribution in [2.75, 3.05) is 13.2 Å². The van der Waals surface area contributed by atoms with Gasteiger partial charge in [0.05, 0.1) is 0 Å². The molecule has 0 radical (unpaired) electrons. The normalized spacial score (nSPS) is 13.1. The SMILES string of the molecule is CC\C=C/C=C\C=C/CCCCCCCCCC(=O)OC(COC(=O)CCC/C=C\C/C=C\C/C=C\C/C=C\CCCCC)COC(=O)CCCCCC/C=C\C/C=C\C/C=C\CC. The van der Waals surface area contributed by atoms with Crippen LogP contribution in [0.2, 0.25) is 0 Å². The Hall–Kier alpha value is -4.19. The van der Waals surface area contributed by atoms with Crippen LogP contribution in [0, 0.1) is 0 Å². The maximum absolute atomic E-state index is 12.8. The molecular weight excluding hydrogens is 793 g/mol. The van der Waals surface area contributed by atoms with Crippen molar-refractivity contribution in [2.24, 2.45) is 0 Å². The van der Waals surface area contributed by atoms with Crippen molar-refractivity contribution < 1.29 is 28.6 Å². The Morgan fingerprint density at radius 3 is 1.19 bits per heavy atom. The number of esters is 3. The molecule has 0 rings (SSSR count). The quantitative estimate of drug-likeness (QED) is 0.0199. The first-order valence-electron chi connectivity index (χ1n) is 25.6. The summed E-state index contributed by atoms with van der Waals surface area (Å²) >= 11 is 0. The van der Waals surface area contributed by atoms with Gasteiger partial charge in [0.1, 0.15) is 13.2 Å². The standard InChI is InChI=1S/C58H92O6/c1-4-7-10-13-16-19-22-25-28-29-31-33-36-39-42-45-48-51-57(60)63-54-55(53-62-56(59)50-47-44-41-38-35-32-27-24-21-18-15-12-9-6-3)64-58(61)52-49-46-43-40-37-34-30-26-23-20-17-14-11-8-5-2/h8-9,11-12,14,16-21,23,25,27-28,31-33,39,42,55H,4-7,10,13,15,22,24,26,29-30,34-38,40-41,43-54H2,1-3H3/b11-8-,12-9-,17-14-,19-16-,21-18-,23-20-,28-25-,32-27-,33-31-,42-39-. The Bertz CT molecular complexity index is 1390. The minimum absolute atomic E-state index is 0.115. The topological polar surface area (TPSA) is 78.9 Å². The second-order valence-corrected chi connectivity index (χ2v) is 16.4. The summed E-state index contributed by atoms with van der Waals surface area (Å²) < 4.78 is 16.7. The summed E-state index contributed by atoms with van der Waals surface area (Å²) in [5.41, 5.74) is 0. The Balaban J connectivity index is 4.55. The van der Waals surface area contributed by atoms with Crippen LogP contribution in [-0.4, -0.2) is 37.2 Å². The first-order chi connectivity index (χ1) is 31.5. The molecule has 1 atom stereocenters. The van der Waals surface area contributed by atoms with Crippen molar-refractivity contribution in [3.63, 3.8) is 0 Å². The summed E-state index contributed by atoms with van der Waals surface area (Å²) in [5, 5.41) is 0. The summed E-state index contributed by atoms with van der Waals surface area (Å²) in [4.78, 5) is 38.0. The lowest BCUT2D eigenvalue weighted by molar-refractivity contribution is -0.167. The van der Waals surface area contributed by atoms with E-state index in [4.69, 9.17) is 14.2 Å². The molecule has 0 aromatic carbocycles. The zero-order valence-corrected chi connectivity index (χ0v) is 41.0. The fraction of sp³-hybridized carbons (Fsp3) is 0.603. The highest BCUT2D eigenvalue weighted by atomic mass is 16.6. The molecule has 0 aromatic heterocycles. The average molecular weight is 885 g/mol. The van der Waals surface area contributed by atoms with Gasteiger partial charge in [0.25, 0.3) is 0 Å². The van der Waals surface area contributed by atoms with Crippen LogP contribution in [-0.2, 0) is 28.6 Å². The van der Waals surface area contributed by atoms with Gasteiger partial charge < -0.3 is 14.2 Å². The van der Waals surface area contributed by atoms with E-state index in [1.54, 1.807) is 0 Å². The molecule has 0 bridgehead atoms.